The number of methoxy groups -OCH3 is 1. The van der Waals surface area contributed by atoms with Crippen molar-refractivity contribution in [2.45, 2.75) is 25.6 Å². The molecule has 2 N–H and O–H groups in total. The van der Waals surface area contributed by atoms with E-state index in [1.165, 1.54) is 7.11 Å². The third kappa shape index (κ3) is 7.19. The maximum absolute atomic E-state index is 12.3. The van der Waals surface area contributed by atoms with Crippen LogP contribution < -0.4 is 10.6 Å². The van der Waals surface area contributed by atoms with Crippen LogP contribution in [0.15, 0.2) is 60.7 Å². The molecule has 0 aliphatic carbocycles. The number of ether oxygens (including phenoxy) is 2. The van der Waals surface area contributed by atoms with Gasteiger partial charge in [-0.3, -0.25) is 4.79 Å². The summed E-state index contributed by atoms with van der Waals surface area (Å²) >= 11 is 0. The topological polar surface area (TPSA) is 93.7 Å². The number of carbonyl (C=O) groups excluding carboxylic acids is 3. The number of esters is 2. The van der Waals surface area contributed by atoms with E-state index < -0.39 is 24.0 Å². The Labute approximate surface area is 157 Å². The summed E-state index contributed by atoms with van der Waals surface area (Å²) in [6, 6.07) is 16.7. The first-order valence-electron chi connectivity index (χ1n) is 8.44. The summed E-state index contributed by atoms with van der Waals surface area (Å²) < 4.78 is 9.80. The van der Waals surface area contributed by atoms with Crippen LogP contribution in [0.1, 0.15) is 17.5 Å². The van der Waals surface area contributed by atoms with E-state index in [-0.39, 0.29) is 19.6 Å². The van der Waals surface area contributed by atoms with Crippen molar-refractivity contribution < 1.29 is 23.9 Å². The summed E-state index contributed by atoms with van der Waals surface area (Å²) in [6.07, 6.45) is -0.317. The maximum Gasteiger partial charge on any atom is 0.329 e. The van der Waals surface area contributed by atoms with Gasteiger partial charge in [-0.1, -0.05) is 60.7 Å². The summed E-state index contributed by atoms with van der Waals surface area (Å²) in [7, 11) is 1.21. The minimum absolute atomic E-state index is 0.0463. The molecule has 0 saturated heterocycles. The molecule has 1 atom stereocenters. The Morgan fingerprint density at radius 3 is 2.11 bits per heavy atom. The van der Waals surface area contributed by atoms with Gasteiger partial charge in [-0.2, -0.15) is 0 Å². The molecule has 0 fully saturated rings. The van der Waals surface area contributed by atoms with Crippen LogP contribution in [0, 0.1) is 0 Å². The number of nitrogens with one attached hydrogen (secondary N) is 2. The average Bonchev–Trinajstić information content (AvgIpc) is 2.71. The second-order valence-corrected chi connectivity index (χ2v) is 5.74. The Kier molecular flexibility index (Phi) is 7.84. The summed E-state index contributed by atoms with van der Waals surface area (Å²) in [6.45, 7) is 0.335. The predicted octanol–water partition coefficient (Wildman–Crippen LogP) is 2.16. The normalized spacial score (nSPS) is 11.1. The minimum atomic E-state index is -1.14. The number of hydrogen-bond acceptors (Lipinski definition) is 5. The highest BCUT2D eigenvalue weighted by molar-refractivity contribution is 5.87. The van der Waals surface area contributed by atoms with Gasteiger partial charge in [0.25, 0.3) is 0 Å². The fourth-order valence-corrected chi connectivity index (χ4v) is 2.26. The largest absolute Gasteiger partial charge is 0.469 e. The van der Waals surface area contributed by atoms with E-state index in [4.69, 9.17) is 4.74 Å². The Balaban J connectivity index is 1.90. The average molecular weight is 370 g/mol. The first kappa shape index (κ1) is 20.0. The molecule has 0 bridgehead atoms. The summed E-state index contributed by atoms with van der Waals surface area (Å²) in [5.74, 6) is -1.33. The smallest absolute Gasteiger partial charge is 0.329 e. The molecular formula is C20H22N2O5. The van der Waals surface area contributed by atoms with E-state index in [9.17, 15) is 14.4 Å². The van der Waals surface area contributed by atoms with Crippen molar-refractivity contribution in [3.63, 3.8) is 0 Å². The number of benzene rings is 2. The zero-order chi connectivity index (χ0) is 19.5. The Morgan fingerprint density at radius 2 is 1.52 bits per heavy atom. The zero-order valence-electron chi connectivity index (χ0n) is 15.0. The monoisotopic (exact) mass is 370 g/mol. The van der Waals surface area contributed by atoms with Gasteiger partial charge in [0.05, 0.1) is 13.5 Å². The second-order valence-electron chi connectivity index (χ2n) is 5.74. The van der Waals surface area contributed by atoms with Crippen molar-refractivity contribution in [1.82, 2.24) is 10.6 Å². The van der Waals surface area contributed by atoms with Gasteiger partial charge in [0.15, 0.2) is 0 Å². The van der Waals surface area contributed by atoms with Crippen LogP contribution >= 0.6 is 0 Å². The van der Waals surface area contributed by atoms with E-state index in [2.05, 4.69) is 15.4 Å². The molecule has 2 aromatic carbocycles. The number of carbonyl (C=O) groups is 3. The molecule has 0 aromatic heterocycles. The van der Waals surface area contributed by atoms with Crippen molar-refractivity contribution in [3.8, 4) is 0 Å². The second kappa shape index (κ2) is 10.6. The molecule has 0 saturated carbocycles. The first-order valence-corrected chi connectivity index (χ1v) is 8.44. The van der Waals surface area contributed by atoms with Gasteiger partial charge in [0, 0.05) is 6.54 Å². The van der Waals surface area contributed by atoms with Crippen LogP contribution in [0.3, 0.4) is 0 Å². The lowest BCUT2D eigenvalue weighted by Crippen LogP contribution is -2.47. The molecule has 7 heteroatoms. The first-order chi connectivity index (χ1) is 13.1. The van der Waals surface area contributed by atoms with Gasteiger partial charge >= 0.3 is 18.0 Å². The third-order valence-electron chi connectivity index (χ3n) is 3.71. The highest BCUT2D eigenvalue weighted by atomic mass is 16.5. The molecule has 0 radical (unpaired) electrons. The molecule has 2 rings (SSSR count). The molecular weight excluding hydrogens is 348 g/mol. The molecule has 0 aliphatic heterocycles. The summed E-state index contributed by atoms with van der Waals surface area (Å²) in [4.78, 5) is 36.0. The van der Waals surface area contributed by atoms with Gasteiger partial charge in [0.2, 0.25) is 0 Å². The van der Waals surface area contributed by atoms with E-state index in [1.807, 2.05) is 60.7 Å². The lowest BCUT2D eigenvalue weighted by molar-refractivity contribution is -0.152. The van der Waals surface area contributed by atoms with Gasteiger partial charge < -0.3 is 20.1 Å². The maximum atomic E-state index is 12.3. The van der Waals surface area contributed by atoms with Crippen LogP contribution in [-0.4, -0.2) is 31.1 Å². The van der Waals surface area contributed by atoms with Crippen molar-refractivity contribution >= 4 is 18.0 Å². The van der Waals surface area contributed by atoms with Crippen molar-refractivity contribution in [2.24, 2.45) is 0 Å². The van der Waals surface area contributed by atoms with Crippen molar-refractivity contribution in [2.75, 3.05) is 7.11 Å². The molecule has 0 spiro atoms. The van der Waals surface area contributed by atoms with Crippen molar-refractivity contribution in [1.29, 1.82) is 0 Å². The van der Waals surface area contributed by atoms with E-state index in [1.54, 1.807) is 0 Å². The number of rotatable bonds is 8. The van der Waals surface area contributed by atoms with Gasteiger partial charge in [-0.15, -0.1) is 0 Å². The van der Waals surface area contributed by atoms with Crippen LogP contribution in [0.5, 0.6) is 0 Å². The number of urea groups is 1. The van der Waals surface area contributed by atoms with Gasteiger partial charge in [-0.25, -0.2) is 9.59 Å². The minimum Gasteiger partial charge on any atom is -0.469 e. The van der Waals surface area contributed by atoms with E-state index in [0.29, 0.717) is 0 Å². The Bertz CT molecular complexity index is 749. The SMILES string of the molecule is COC(=O)C[C@H](NC(=O)NCc1ccccc1)C(=O)OCc1ccccc1. The summed E-state index contributed by atoms with van der Waals surface area (Å²) in [5, 5.41) is 5.10. The lowest BCUT2D eigenvalue weighted by Gasteiger charge is -2.17. The fraction of sp³-hybridized carbons (Fsp3) is 0.250. The highest BCUT2D eigenvalue weighted by Crippen LogP contribution is 2.05. The zero-order valence-corrected chi connectivity index (χ0v) is 15.0. The van der Waals surface area contributed by atoms with Gasteiger partial charge in [-0.05, 0) is 11.1 Å². The van der Waals surface area contributed by atoms with Crippen molar-refractivity contribution in [3.05, 3.63) is 71.8 Å². The molecule has 27 heavy (non-hydrogen) atoms. The molecule has 0 aliphatic rings. The van der Waals surface area contributed by atoms with E-state index in [0.717, 1.165) is 11.1 Å². The number of amides is 2. The van der Waals surface area contributed by atoms with Crippen LogP contribution in [-0.2, 0) is 32.2 Å². The molecule has 142 valence electrons. The van der Waals surface area contributed by atoms with Gasteiger partial charge in [0.1, 0.15) is 12.6 Å². The van der Waals surface area contributed by atoms with Crippen LogP contribution in [0.2, 0.25) is 0 Å². The number of hydrogen-bond donors (Lipinski definition) is 2. The van der Waals surface area contributed by atoms with Crippen LogP contribution in [0.4, 0.5) is 4.79 Å². The Hall–Kier alpha value is -3.35. The molecule has 0 heterocycles. The molecule has 2 aromatic rings. The fourth-order valence-electron chi connectivity index (χ4n) is 2.26. The molecule has 7 nitrogen and oxygen atoms in total. The van der Waals surface area contributed by atoms with Crippen LogP contribution in [0.25, 0.3) is 0 Å². The highest BCUT2D eigenvalue weighted by Gasteiger charge is 2.26. The third-order valence-corrected chi connectivity index (χ3v) is 3.71. The predicted molar refractivity (Wildman–Crippen MR) is 98.5 cm³/mol. The summed E-state index contributed by atoms with van der Waals surface area (Å²) in [5.41, 5.74) is 1.71. The molecule has 2 amide bonds. The quantitative estimate of drug-likeness (QED) is 0.695. The Morgan fingerprint density at radius 1 is 0.926 bits per heavy atom. The lowest BCUT2D eigenvalue weighted by atomic mass is 10.2. The molecule has 0 unspecified atom stereocenters. The van der Waals surface area contributed by atoms with E-state index >= 15 is 0 Å². The standard InChI is InChI=1S/C20H22N2O5/c1-26-18(23)12-17(19(24)27-14-16-10-6-3-7-11-16)22-20(25)21-13-15-8-4-2-5-9-15/h2-11,17H,12-14H2,1H3,(H2,21,22,25)/t17-/m0/s1.